The number of hydrogen-bond acceptors (Lipinski definition) is 2. The Bertz CT molecular complexity index is 445. The highest BCUT2D eigenvalue weighted by atomic mass is 16.5. The lowest BCUT2D eigenvalue weighted by Gasteiger charge is -2.38. The maximum Gasteiger partial charge on any atom is 0.123 e. The summed E-state index contributed by atoms with van der Waals surface area (Å²) in [6.07, 6.45) is 6.74. The van der Waals surface area contributed by atoms with Gasteiger partial charge >= 0.3 is 0 Å². The van der Waals surface area contributed by atoms with Gasteiger partial charge in [-0.3, -0.25) is 0 Å². The van der Waals surface area contributed by atoms with Gasteiger partial charge in [0.1, 0.15) is 11.9 Å². The summed E-state index contributed by atoms with van der Waals surface area (Å²) in [7, 11) is 2.12. The third-order valence-corrected chi connectivity index (χ3v) is 5.62. The van der Waals surface area contributed by atoms with E-state index in [1.54, 1.807) is 0 Å². The molecule has 1 heterocycles. The summed E-state index contributed by atoms with van der Waals surface area (Å²) in [5.41, 5.74) is 1.39. The molecule has 116 valence electrons. The first-order valence-electron chi connectivity index (χ1n) is 8.59. The third-order valence-electron chi connectivity index (χ3n) is 5.62. The fraction of sp³-hybridized carbons (Fsp3) is 0.684. The summed E-state index contributed by atoms with van der Waals surface area (Å²) in [6, 6.07) is 9.20. The fourth-order valence-electron chi connectivity index (χ4n) is 4.27. The SMILES string of the molecule is CNC1CCC(C(C)C)CC1CC1Cc2ccccc2O1. The summed E-state index contributed by atoms with van der Waals surface area (Å²) in [5.74, 6) is 3.57. The highest BCUT2D eigenvalue weighted by molar-refractivity contribution is 5.37. The van der Waals surface area contributed by atoms with Crippen molar-refractivity contribution >= 4 is 0 Å². The van der Waals surface area contributed by atoms with Crippen LogP contribution in [0.1, 0.15) is 45.1 Å². The predicted molar refractivity (Wildman–Crippen MR) is 87.7 cm³/mol. The summed E-state index contributed by atoms with van der Waals surface area (Å²) in [5, 5.41) is 3.55. The number of benzene rings is 1. The Labute approximate surface area is 129 Å². The van der Waals surface area contributed by atoms with Crippen LogP contribution in [-0.4, -0.2) is 19.2 Å². The van der Waals surface area contributed by atoms with Crippen LogP contribution < -0.4 is 10.1 Å². The normalized spacial score (nSPS) is 32.0. The molecule has 1 aliphatic carbocycles. The van der Waals surface area contributed by atoms with Crippen LogP contribution in [0.2, 0.25) is 0 Å². The second-order valence-electron chi connectivity index (χ2n) is 7.26. The van der Waals surface area contributed by atoms with E-state index in [4.69, 9.17) is 4.74 Å². The van der Waals surface area contributed by atoms with E-state index in [0.717, 1.165) is 29.9 Å². The van der Waals surface area contributed by atoms with Gasteiger partial charge in [-0.1, -0.05) is 32.0 Å². The molecule has 0 bridgehead atoms. The van der Waals surface area contributed by atoms with E-state index >= 15 is 0 Å². The molecule has 0 saturated heterocycles. The molecule has 1 aromatic rings. The van der Waals surface area contributed by atoms with E-state index in [-0.39, 0.29) is 0 Å². The molecule has 4 unspecified atom stereocenters. The minimum Gasteiger partial charge on any atom is -0.490 e. The van der Waals surface area contributed by atoms with Crippen molar-refractivity contribution in [2.24, 2.45) is 17.8 Å². The highest BCUT2D eigenvalue weighted by Gasteiger charge is 2.34. The first-order chi connectivity index (χ1) is 10.2. The summed E-state index contributed by atoms with van der Waals surface area (Å²) >= 11 is 0. The number of nitrogens with one attached hydrogen (secondary N) is 1. The molecule has 1 aromatic carbocycles. The van der Waals surface area contributed by atoms with Crippen LogP contribution in [0, 0.1) is 17.8 Å². The Morgan fingerprint density at radius 1 is 1.24 bits per heavy atom. The van der Waals surface area contributed by atoms with Gasteiger partial charge in [0.2, 0.25) is 0 Å². The molecule has 1 aliphatic heterocycles. The van der Waals surface area contributed by atoms with Crippen molar-refractivity contribution in [2.45, 2.75) is 58.1 Å². The molecule has 2 aliphatic rings. The van der Waals surface area contributed by atoms with Crippen molar-refractivity contribution in [3.8, 4) is 5.75 Å². The van der Waals surface area contributed by atoms with Gasteiger partial charge in [0, 0.05) is 12.5 Å². The number of fused-ring (bicyclic) bond motifs is 1. The molecule has 0 aromatic heterocycles. The molecular formula is C19H29NO. The highest BCUT2D eigenvalue weighted by Crippen LogP contribution is 2.38. The zero-order chi connectivity index (χ0) is 14.8. The van der Waals surface area contributed by atoms with Crippen LogP contribution in [0.4, 0.5) is 0 Å². The van der Waals surface area contributed by atoms with Crippen LogP contribution in [-0.2, 0) is 6.42 Å². The predicted octanol–water partition coefficient (Wildman–Crippen LogP) is 4.04. The van der Waals surface area contributed by atoms with Gasteiger partial charge in [0.25, 0.3) is 0 Å². The molecule has 4 atom stereocenters. The molecule has 2 heteroatoms. The summed E-state index contributed by atoms with van der Waals surface area (Å²) in [6.45, 7) is 4.76. The lowest BCUT2D eigenvalue weighted by molar-refractivity contribution is 0.117. The zero-order valence-corrected chi connectivity index (χ0v) is 13.6. The lowest BCUT2D eigenvalue weighted by atomic mass is 9.71. The van der Waals surface area contributed by atoms with E-state index in [9.17, 15) is 0 Å². The molecule has 21 heavy (non-hydrogen) atoms. The van der Waals surface area contributed by atoms with Gasteiger partial charge in [0.15, 0.2) is 0 Å². The van der Waals surface area contributed by atoms with Crippen molar-refractivity contribution in [1.82, 2.24) is 5.32 Å². The molecular weight excluding hydrogens is 258 g/mol. The monoisotopic (exact) mass is 287 g/mol. The molecule has 0 spiro atoms. The Morgan fingerprint density at radius 3 is 2.76 bits per heavy atom. The number of ether oxygens (including phenoxy) is 1. The van der Waals surface area contributed by atoms with Crippen LogP contribution in [0.5, 0.6) is 5.75 Å². The fourth-order valence-corrected chi connectivity index (χ4v) is 4.27. The van der Waals surface area contributed by atoms with Crippen molar-refractivity contribution in [3.05, 3.63) is 29.8 Å². The maximum absolute atomic E-state index is 6.17. The van der Waals surface area contributed by atoms with E-state index < -0.39 is 0 Å². The molecule has 1 saturated carbocycles. The van der Waals surface area contributed by atoms with Crippen molar-refractivity contribution in [2.75, 3.05) is 7.05 Å². The molecule has 0 radical (unpaired) electrons. The number of rotatable bonds is 4. The van der Waals surface area contributed by atoms with Gasteiger partial charge in [-0.15, -0.1) is 0 Å². The lowest BCUT2D eigenvalue weighted by Crippen LogP contribution is -2.41. The Balaban J connectivity index is 1.63. The van der Waals surface area contributed by atoms with Gasteiger partial charge in [-0.05, 0) is 62.1 Å². The average Bonchev–Trinajstić information content (AvgIpc) is 2.89. The maximum atomic E-state index is 6.17. The molecule has 2 nitrogen and oxygen atoms in total. The van der Waals surface area contributed by atoms with E-state index in [2.05, 4.69) is 50.5 Å². The number of para-hydroxylation sites is 1. The van der Waals surface area contributed by atoms with Crippen molar-refractivity contribution < 1.29 is 4.74 Å². The first-order valence-corrected chi connectivity index (χ1v) is 8.59. The van der Waals surface area contributed by atoms with Gasteiger partial charge in [-0.2, -0.15) is 0 Å². The molecule has 3 rings (SSSR count). The second kappa shape index (κ2) is 6.39. The smallest absolute Gasteiger partial charge is 0.123 e. The van der Waals surface area contributed by atoms with E-state index in [0.29, 0.717) is 12.1 Å². The third kappa shape index (κ3) is 3.26. The minimum absolute atomic E-state index is 0.383. The number of hydrogen-bond donors (Lipinski definition) is 1. The zero-order valence-electron chi connectivity index (χ0n) is 13.6. The van der Waals surface area contributed by atoms with Crippen molar-refractivity contribution in [3.63, 3.8) is 0 Å². The first kappa shape index (κ1) is 14.9. The topological polar surface area (TPSA) is 21.3 Å². The van der Waals surface area contributed by atoms with Crippen molar-refractivity contribution in [1.29, 1.82) is 0 Å². The molecule has 0 amide bonds. The van der Waals surface area contributed by atoms with Crippen LogP contribution in [0.3, 0.4) is 0 Å². The quantitative estimate of drug-likeness (QED) is 0.902. The molecule has 1 N–H and O–H groups in total. The summed E-state index contributed by atoms with van der Waals surface area (Å²) in [4.78, 5) is 0. The average molecular weight is 287 g/mol. The minimum atomic E-state index is 0.383. The van der Waals surface area contributed by atoms with Gasteiger partial charge < -0.3 is 10.1 Å². The van der Waals surface area contributed by atoms with Gasteiger partial charge in [-0.25, -0.2) is 0 Å². The Kier molecular flexibility index (Phi) is 4.54. The van der Waals surface area contributed by atoms with Crippen LogP contribution >= 0.6 is 0 Å². The van der Waals surface area contributed by atoms with E-state index in [1.165, 1.54) is 31.2 Å². The van der Waals surface area contributed by atoms with Crippen LogP contribution in [0.15, 0.2) is 24.3 Å². The molecule has 1 fully saturated rings. The second-order valence-corrected chi connectivity index (χ2v) is 7.26. The Morgan fingerprint density at radius 2 is 2.05 bits per heavy atom. The Hall–Kier alpha value is -1.02. The van der Waals surface area contributed by atoms with E-state index in [1.807, 2.05) is 0 Å². The van der Waals surface area contributed by atoms with Crippen LogP contribution in [0.25, 0.3) is 0 Å². The summed E-state index contributed by atoms with van der Waals surface area (Å²) < 4.78 is 6.17. The largest absolute Gasteiger partial charge is 0.490 e. The standard InChI is InChI=1S/C19H29NO/c1-13(2)14-8-9-18(20-3)16(10-14)12-17-11-15-6-4-5-7-19(15)21-17/h4-7,13-14,16-18,20H,8-12H2,1-3H3. The van der Waals surface area contributed by atoms with Gasteiger partial charge in [0.05, 0.1) is 0 Å².